The topological polar surface area (TPSA) is 73.4 Å². The molecule has 1 aliphatic heterocycles. The van der Waals surface area contributed by atoms with Crippen molar-refractivity contribution in [3.63, 3.8) is 0 Å². The van der Waals surface area contributed by atoms with Gasteiger partial charge in [0.1, 0.15) is 11.4 Å². The molecule has 0 saturated heterocycles. The van der Waals surface area contributed by atoms with Gasteiger partial charge in [0.05, 0.1) is 18.8 Å². The SMILES string of the molecule is NC(=O)N1CCn2nc(-c3ccccc3)c(-c3ccccc3OC(F)(F)F)c2C1. The molecule has 0 spiro atoms. The van der Waals surface area contributed by atoms with Gasteiger partial charge in [-0.2, -0.15) is 5.10 Å². The van der Waals surface area contributed by atoms with Crippen molar-refractivity contribution >= 4 is 6.03 Å². The molecule has 2 heterocycles. The highest BCUT2D eigenvalue weighted by atomic mass is 19.4. The summed E-state index contributed by atoms with van der Waals surface area (Å²) >= 11 is 0. The second kappa shape index (κ2) is 7.16. The van der Waals surface area contributed by atoms with E-state index in [1.165, 1.54) is 17.0 Å². The smallest absolute Gasteiger partial charge is 0.405 e. The molecule has 1 aliphatic rings. The number of nitrogens with two attached hydrogens (primary N) is 1. The molecule has 0 atom stereocenters. The summed E-state index contributed by atoms with van der Waals surface area (Å²) in [4.78, 5) is 13.1. The summed E-state index contributed by atoms with van der Waals surface area (Å²) in [5.74, 6) is -0.329. The number of fused-ring (bicyclic) bond motifs is 1. The van der Waals surface area contributed by atoms with Crippen LogP contribution in [0, 0.1) is 0 Å². The standard InChI is InChI=1S/C20H17F3N4O2/c21-20(22,23)29-16-9-5-4-8-14(16)17-15-12-26(19(24)28)10-11-27(15)25-18(17)13-6-2-1-3-7-13/h1-9H,10-12H2,(H2,24,28). The fourth-order valence-corrected chi connectivity index (χ4v) is 3.47. The Kier molecular flexibility index (Phi) is 4.65. The largest absolute Gasteiger partial charge is 0.573 e. The predicted octanol–water partition coefficient (Wildman–Crippen LogP) is 4.01. The number of rotatable bonds is 3. The van der Waals surface area contributed by atoms with Gasteiger partial charge >= 0.3 is 12.4 Å². The molecule has 29 heavy (non-hydrogen) atoms. The third kappa shape index (κ3) is 3.75. The van der Waals surface area contributed by atoms with Crippen LogP contribution >= 0.6 is 0 Å². The first kappa shape index (κ1) is 18.9. The zero-order valence-corrected chi connectivity index (χ0v) is 15.2. The molecule has 150 valence electrons. The summed E-state index contributed by atoms with van der Waals surface area (Å²) in [6.07, 6.45) is -4.84. The summed E-state index contributed by atoms with van der Waals surface area (Å²) in [5.41, 5.74) is 8.03. The number of hydrogen-bond donors (Lipinski definition) is 1. The Hall–Kier alpha value is -3.49. The van der Waals surface area contributed by atoms with Crippen LogP contribution in [0.2, 0.25) is 0 Å². The van der Waals surface area contributed by atoms with Gasteiger partial charge in [0.25, 0.3) is 0 Å². The quantitative estimate of drug-likeness (QED) is 0.720. The molecule has 3 aromatic rings. The van der Waals surface area contributed by atoms with Gasteiger partial charge in [-0.15, -0.1) is 13.2 Å². The van der Waals surface area contributed by atoms with Crippen LogP contribution in [0.5, 0.6) is 5.75 Å². The van der Waals surface area contributed by atoms with Crippen molar-refractivity contribution in [1.82, 2.24) is 14.7 Å². The monoisotopic (exact) mass is 402 g/mol. The lowest BCUT2D eigenvalue weighted by molar-refractivity contribution is -0.274. The number of urea groups is 1. The molecular weight excluding hydrogens is 385 g/mol. The molecule has 6 nitrogen and oxygen atoms in total. The van der Waals surface area contributed by atoms with E-state index in [1.54, 1.807) is 16.8 Å². The van der Waals surface area contributed by atoms with Crippen LogP contribution in [0.25, 0.3) is 22.4 Å². The van der Waals surface area contributed by atoms with Crippen molar-refractivity contribution in [2.75, 3.05) is 6.54 Å². The fraction of sp³-hybridized carbons (Fsp3) is 0.200. The molecule has 4 rings (SSSR count). The van der Waals surface area contributed by atoms with Gasteiger partial charge in [-0.25, -0.2) is 4.79 Å². The third-order valence-electron chi connectivity index (χ3n) is 4.72. The predicted molar refractivity (Wildman–Crippen MR) is 99.8 cm³/mol. The highest BCUT2D eigenvalue weighted by Crippen LogP contribution is 2.42. The van der Waals surface area contributed by atoms with E-state index in [0.717, 1.165) is 5.56 Å². The molecule has 0 aliphatic carbocycles. The number of primary amides is 1. The zero-order chi connectivity index (χ0) is 20.6. The number of hydrogen-bond acceptors (Lipinski definition) is 3. The van der Waals surface area contributed by atoms with Gasteiger partial charge in [0, 0.05) is 23.2 Å². The number of carbonyl (C=O) groups excluding carboxylic acids is 1. The maximum absolute atomic E-state index is 13.0. The van der Waals surface area contributed by atoms with Crippen molar-refractivity contribution in [3.05, 3.63) is 60.3 Å². The molecule has 2 N–H and O–H groups in total. The van der Waals surface area contributed by atoms with E-state index in [1.807, 2.05) is 30.3 Å². The van der Waals surface area contributed by atoms with Crippen LogP contribution in [-0.4, -0.2) is 33.6 Å². The van der Waals surface area contributed by atoms with E-state index in [9.17, 15) is 18.0 Å². The minimum atomic E-state index is -4.84. The second-order valence-electron chi connectivity index (χ2n) is 6.56. The molecule has 0 unspecified atom stereocenters. The van der Waals surface area contributed by atoms with Crippen LogP contribution in [0.4, 0.5) is 18.0 Å². The molecule has 0 fully saturated rings. The number of ether oxygens (including phenoxy) is 1. The summed E-state index contributed by atoms with van der Waals surface area (Å²) in [6.45, 7) is 0.906. The number of benzene rings is 2. The number of para-hydroxylation sites is 1. The van der Waals surface area contributed by atoms with E-state index in [4.69, 9.17) is 5.73 Å². The summed E-state index contributed by atoms with van der Waals surface area (Å²) in [7, 11) is 0. The van der Waals surface area contributed by atoms with Crippen molar-refractivity contribution in [1.29, 1.82) is 0 Å². The van der Waals surface area contributed by atoms with E-state index >= 15 is 0 Å². The fourth-order valence-electron chi connectivity index (χ4n) is 3.47. The molecule has 0 radical (unpaired) electrons. The average molecular weight is 402 g/mol. The maximum atomic E-state index is 13.0. The number of carbonyl (C=O) groups is 1. The van der Waals surface area contributed by atoms with E-state index in [-0.39, 0.29) is 17.9 Å². The van der Waals surface area contributed by atoms with Crippen molar-refractivity contribution in [3.8, 4) is 28.1 Å². The maximum Gasteiger partial charge on any atom is 0.573 e. The number of halogens is 3. The minimum Gasteiger partial charge on any atom is -0.405 e. The number of aromatic nitrogens is 2. The number of amides is 2. The Bertz CT molecular complexity index is 1050. The van der Waals surface area contributed by atoms with Crippen LogP contribution in [0.3, 0.4) is 0 Å². The van der Waals surface area contributed by atoms with Crippen molar-refractivity contribution in [2.24, 2.45) is 5.73 Å². The second-order valence-corrected chi connectivity index (χ2v) is 6.56. The number of alkyl halides is 3. The molecule has 2 amide bonds. The molecule has 1 aromatic heterocycles. The van der Waals surface area contributed by atoms with Crippen LogP contribution < -0.4 is 10.5 Å². The first-order valence-corrected chi connectivity index (χ1v) is 8.88. The van der Waals surface area contributed by atoms with Gasteiger partial charge in [0.2, 0.25) is 0 Å². The van der Waals surface area contributed by atoms with E-state index < -0.39 is 12.4 Å². The van der Waals surface area contributed by atoms with Gasteiger partial charge in [-0.3, -0.25) is 4.68 Å². The number of nitrogens with zero attached hydrogens (tertiary/aromatic N) is 3. The highest BCUT2D eigenvalue weighted by Gasteiger charge is 2.34. The molecule has 0 bridgehead atoms. The van der Waals surface area contributed by atoms with E-state index in [0.29, 0.717) is 30.0 Å². The minimum absolute atomic E-state index is 0.144. The Balaban J connectivity index is 1.93. The van der Waals surface area contributed by atoms with Crippen LogP contribution in [-0.2, 0) is 13.1 Å². The molecule has 9 heteroatoms. The molecule has 0 saturated carbocycles. The summed E-state index contributed by atoms with van der Waals surface area (Å²) in [5, 5.41) is 4.63. The lowest BCUT2D eigenvalue weighted by Crippen LogP contribution is -2.41. The van der Waals surface area contributed by atoms with Gasteiger partial charge < -0.3 is 15.4 Å². The van der Waals surface area contributed by atoms with E-state index in [2.05, 4.69) is 9.84 Å². The highest BCUT2D eigenvalue weighted by molar-refractivity contribution is 5.86. The van der Waals surface area contributed by atoms with Crippen molar-refractivity contribution < 1.29 is 22.7 Å². The Morgan fingerprint density at radius 2 is 1.72 bits per heavy atom. The lowest BCUT2D eigenvalue weighted by atomic mass is 9.97. The van der Waals surface area contributed by atoms with Crippen molar-refractivity contribution in [2.45, 2.75) is 19.5 Å². The first-order valence-electron chi connectivity index (χ1n) is 8.88. The summed E-state index contributed by atoms with van der Waals surface area (Å²) < 4.78 is 44.9. The summed E-state index contributed by atoms with van der Waals surface area (Å²) in [6, 6.07) is 14.5. The molecular formula is C20H17F3N4O2. The van der Waals surface area contributed by atoms with Gasteiger partial charge in [0.15, 0.2) is 0 Å². The van der Waals surface area contributed by atoms with Crippen LogP contribution in [0.15, 0.2) is 54.6 Å². The Morgan fingerprint density at radius 1 is 1.03 bits per heavy atom. The van der Waals surface area contributed by atoms with Gasteiger partial charge in [-0.05, 0) is 6.07 Å². The van der Waals surface area contributed by atoms with Gasteiger partial charge in [-0.1, -0.05) is 48.5 Å². The average Bonchev–Trinajstić information content (AvgIpc) is 3.06. The lowest BCUT2D eigenvalue weighted by Gasteiger charge is -2.27. The van der Waals surface area contributed by atoms with Crippen LogP contribution in [0.1, 0.15) is 5.69 Å². The first-order chi connectivity index (χ1) is 13.8. The third-order valence-corrected chi connectivity index (χ3v) is 4.72. The molecule has 2 aromatic carbocycles. The normalized spacial score (nSPS) is 13.8. The Morgan fingerprint density at radius 3 is 2.41 bits per heavy atom. The zero-order valence-electron chi connectivity index (χ0n) is 15.2. The Labute approximate surface area is 164 Å².